The summed E-state index contributed by atoms with van der Waals surface area (Å²) in [5, 5.41) is 27.8. The molecule has 0 aromatic rings. The molecule has 0 aromatic heterocycles. The molecule has 0 aromatic carbocycles. The molecule has 0 fully saturated rings. The molecule has 0 bridgehead atoms. The fourth-order valence-electron chi connectivity index (χ4n) is 4.21. The van der Waals surface area contributed by atoms with Crippen LogP contribution in [-0.4, -0.2) is 148 Å². The molecule has 0 rings (SSSR count). The van der Waals surface area contributed by atoms with Gasteiger partial charge in [-0.25, -0.2) is 0 Å². The van der Waals surface area contributed by atoms with Crippen LogP contribution in [0.3, 0.4) is 0 Å². The lowest BCUT2D eigenvalue weighted by Gasteiger charge is -2.22. The Balaban J connectivity index is 0. The molecule has 0 amide bonds. The van der Waals surface area contributed by atoms with Crippen LogP contribution in [-0.2, 0) is 57.0 Å². The predicted molar refractivity (Wildman–Crippen MR) is 185 cm³/mol. The van der Waals surface area contributed by atoms with Crippen molar-refractivity contribution in [3.05, 3.63) is 0 Å². The zero-order valence-corrected chi connectivity index (χ0v) is 30.7. The second kappa shape index (κ2) is 31.8. The molecule has 298 valence electrons. The molecular formula is C35H68O15. The van der Waals surface area contributed by atoms with E-state index >= 15 is 0 Å². The van der Waals surface area contributed by atoms with Gasteiger partial charge in [0.05, 0.1) is 109 Å². The lowest BCUT2D eigenvalue weighted by Crippen LogP contribution is -2.32. The predicted octanol–water partition coefficient (Wildman–Crippen LogP) is 2.76. The van der Waals surface area contributed by atoms with Crippen molar-refractivity contribution >= 4 is 17.9 Å². The van der Waals surface area contributed by atoms with E-state index in [1.54, 1.807) is 27.7 Å². The van der Waals surface area contributed by atoms with Gasteiger partial charge in [0, 0.05) is 0 Å². The highest BCUT2D eigenvalue weighted by Gasteiger charge is 2.20. The van der Waals surface area contributed by atoms with Crippen molar-refractivity contribution in [1.29, 1.82) is 0 Å². The lowest BCUT2D eigenvalue weighted by molar-refractivity contribution is -0.158. The number of carbonyl (C=O) groups is 3. The van der Waals surface area contributed by atoms with Crippen LogP contribution >= 0.6 is 0 Å². The second-order valence-electron chi connectivity index (χ2n) is 12.1. The number of carbonyl (C=O) groups excluding carboxylic acids is 3. The number of ether oxygens (including phenoxy) is 9. The average molecular weight is 729 g/mol. The maximum Gasteiger partial charge on any atom is 0.308 e. The van der Waals surface area contributed by atoms with Gasteiger partial charge in [0.2, 0.25) is 0 Å². The quantitative estimate of drug-likeness (QED) is 0.0520. The summed E-state index contributed by atoms with van der Waals surface area (Å²) in [6.07, 6.45) is -2.11. The molecule has 0 saturated heterocycles. The molecule has 7 unspecified atom stereocenters. The Bertz CT molecular complexity index is 793. The third-order valence-corrected chi connectivity index (χ3v) is 6.82. The Morgan fingerprint density at radius 3 is 1.32 bits per heavy atom. The molecule has 0 heterocycles. The van der Waals surface area contributed by atoms with Gasteiger partial charge in [0.25, 0.3) is 0 Å². The van der Waals surface area contributed by atoms with Crippen LogP contribution in [0.25, 0.3) is 0 Å². The van der Waals surface area contributed by atoms with Crippen LogP contribution in [0.4, 0.5) is 0 Å². The summed E-state index contributed by atoms with van der Waals surface area (Å²) >= 11 is 0. The van der Waals surface area contributed by atoms with Crippen molar-refractivity contribution in [2.24, 2.45) is 0 Å². The number of rotatable bonds is 32. The van der Waals surface area contributed by atoms with Gasteiger partial charge in [-0.2, -0.15) is 0 Å². The van der Waals surface area contributed by atoms with E-state index in [-0.39, 0.29) is 111 Å². The molecule has 3 N–H and O–H groups in total. The van der Waals surface area contributed by atoms with E-state index in [1.165, 1.54) is 0 Å². The minimum absolute atomic E-state index is 0. The van der Waals surface area contributed by atoms with Crippen LogP contribution in [0.1, 0.15) is 94.4 Å². The highest BCUT2D eigenvalue weighted by Crippen LogP contribution is 2.10. The van der Waals surface area contributed by atoms with Crippen molar-refractivity contribution in [3.8, 4) is 0 Å². The first-order chi connectivity index (χ1) is 23.3. The molecule has 0 spiro atoms. The van der Waals surface area contributed by atoms with Crippen LogP contribution in [0.5, 0.6) is 0 Å². The minimum atomic E-state index is -0.632. The van der Waals surface area contributed by atoms with E-state index in [0.717, 1.165) is 0 Å². The van der Waals surface area contributed by atoms with Gasteiger partial charge >= 0.3 is 17.9 Å². The highest BCUT2D eigenvalue weighted by atomic mass is 16.6. The van der Waals surface area contributed by atoms with E-state index in [1.807, 2.05) is 20.8 Å². The van der Waals surface area contributed by atoms with Crippen LogP contribution in [0, 0.1) is 0 Å². The van der Waals surface area contributed by atoms with Gasteiger partial charge in [-0.1, -0.05) is 28.2 Å². The Morgan fingerprint density at radius 2 is 0.920 bits per heavy atom. The molecular weight excluding hydrogens is 660 g/mol. The van der Waals surface area contributed by atoms with E-state index in [4.69, 9.17) is 47.7 Å². The number of aliphatic hydroxyl groups excluding tert-OH is 3. The summed E-state index contributed by atoms with van der Waals surface area (Å²) in [4.78, 5) is 36.9. The Morgan fingerprint density at radius 1 is 0.520 bits per heavy atom. The topological polar surface area (TPSA) is 195 Å². The second-order valence-corrected chi connectivity index (χ2v) is 12.1. The van der Waals surface area contributed by atoms with Gasteiger partial charge < -0.3 is 58.0 Å². The molecule has 0 aliphatic rings. The van der Waals surface area contributed by atoms with Crippen molar-refractivity contribution in [3.63, 3.8) is 0 Å². The fraction of sp³-hybridized carbons (Fsp3) is 0.914. The van der Waals surface area contributed by atoms with Crippen molar-refractivity contribution < 1.29 is 72.3 Å². The monoisotopic (exact) mass is 728 g/mol. The smallest absolute Gasteiger partial charge is 0.308 e. The number of hydrogen-bond donors (Lipinski definition) is 3. The van der Waals surface area contributed by atoms with E-state index in [0.29, 0.717) is 19.3 Å². The van der Waals surface area contributed by atoms with E-state index in [9.17, 15) is 24.6 Å². The highest BCUT2D eigenvalue weighted by molar-refractivity contribution is 5.70. The van der Waals surface area contributed by atoms with Gasteiger partial charge in [-0.3, -0.25) is 14.4 Å². The largest absolute Gasteiger partial charge is 0.463 e. The molecule has 50 heavy (non-hydrogen) atoms. The van der Waals surface area contributed by atoms with Gasteiger partial charge in [-0.15, -0.1) is 0 Å². The van der Waals surface area contributed by atoms with Crippen LogP contribution < -0.4 is 0 Å². The minimum Gasteiger partial charge on any atom is -0.463 e. The van der Waals surface area contributed by atoms with Crippen molar-refractivity contribution in [2.45, 2.75) is 143 Å². The fourth-order valence-corrected chi connectivity index (χ4v) is 4.21. The third kappa shape index (κ3) is 28.7. The maximum atomic E-state index is 12.4. The Labute approximate surface area is 299 Å². The molecule has 15 nitrogen and oxygen atoms in total. The lowest BCUT2D eigenvalue weighted by atomic mass is 10.2. The maximum absolute atomic E-state index is 12.4. The Kier molecular flexibility index (Phi) is 31.9. The molecule has 15 heteroatoms. The molecule has 0 radical (unpaired) electrons. The molecule has 0 aliphatic carbocycles. The molecule has 7 atom stereocenters. The van der Waals surface area contributed by atoms with Gasteiger partial charge in [0.1, 0.15) is 24.9 Å². The van der Waals surface area contributed by atoms with Crippen LogP contribution in [0.2, 0.25) is 0 Å². The van der Waals surface area contributed by atoms with Crippen molar-refractivity contribution in [1.82, 2.24) is 0 Å². The van der Waals surface area contributed by atoms with E-state index in [2.05, 4.69) is 0 Å². The van der Waals surface area contributed by atoms with Gasteiger partial charge in [-0.05, 0) is 47.0 Å². The Hall–Kier alpha value is -1.95. The SMILES string of the molecule is C.CCC(CC(=O)OCCOC(COCC(C)OC(=O)CC(CC)OCC(C)O)COCC(C)OC(=O)CC(CC)OCC(C)O)OCCO. The summed E-state index contributed by atoms with van der Waals surface area (Å²) in [7, 11) is 0. The summed E-state index contributed by atoms with van der Waals surface area (Å²) in [6, 6.07) is 0. The number of aliphatic hydroxyl groups is 3. The molecule has 0 aliphatic heterocycles. The first kappa shape index (κ1) is 50.2. The summed E-state index contributed by atoms with van der Waals surface area (Å²) < 4.78 is 50.0. The normalized spacial score (nSPS) is 16.2. The third-order valence-electron chi connectivity index (χ3n) is 6.82. The summed E-state index contributed by atoms with van der Waals surface area (Å²) in [6.45, 7) is 12.9. The summed E-state index contributed by atoms with van der Waals surface area (Å²) in [5.41, 5.74) is 0. The first-order valence-corrected chi connectivity index (χ1v) is 17.5. The number of esters is 3. The zero-order chi connectivity index (χ0) is 37.0. The zero-order valence-electron chi connectivity index (χ0n) is 30.7. The number of hydrogen-bond acceptors (Lipinski definition) is 15. The standard InChI is InChI=1S/C34H64O15.CH4/c1-8-28(43-12-11-35)15-32(38)45-14-13-44-31(22-41-20-26(6)48-33(39)16-29(9-2)46-18-24(4)36)23-42-21-27(7)49-34(40)17-30(10-3)47-19-25(5)37;/h24-31,35-37H,8-23H2,1-7H3;1H4. The van der Waals surface area contributed by atoms with Crippen LogP contribution in [0.15, 0.2) is 0 Å². The molecule has 0 saturated carbocycles. The summed E-state index contributed by atoms with van der Waals surface area (Å²) in [5.74, 6) is -1.34. The first-order valence-electron chi connectivity index (χ1n) is 17.5. The van der Waals surface area contributed by atoms with E-state index < -0.39 is 48.4 Å². The van der Waals surface area contributed by atoms with Crippen molar-refractivity contribution in [2.75, 3.05) is 66.1 Å². The average Bonchev–Trinajstić information content (AvgIpc) is 3.04. The van der Waals surface area contributed by atoms with Gasteiger partial charge in [0.15, 0.2) is 0 Å².